The summed E-state index contributed by atoms with van der Waals surface area (Å²) in [5.74, 6) is 0.0719. The Hall–Kier alpha value is -2.82. The molecule has 2 aliphatic carbocycles. The molecule has 0 saturated heterocycles. The van der Waals surface area contributed by atoms with Gasteiger partial charge < -0.3 is 26.2 Å². The molecule has 0 aliphatic heterocycles. The van der Waals surface area contributed by atoms with Crippen molar-refractivity contribution in [1.29, 1.82) is 0 Å². The van der Waals surface area contributed by atoms with E-state index in [1.165, 1.54) is 20.0 Å². The molecule has 1 unspecified atom stereocenters. The highest BCUT2D eigenvalue weighted by atomic mass is 32.1. The van der Waals surface area contributed by atoms with Crippen LogP contribution >= 0.6 is 11.3 Å². The van der Waals surface area contributed by atoms with Gasteiger partial charge in [-0.05, 0) is 64.2 Å². The first-order chi connectivity index (χ1) is 16.5. The number of anilines is 3. The molecule has 3 aromatic rings. The first kappa shape index (κ1) is 23.9. The third kappa shape index (κ3) is 4.96. The van der Waals surface area contributed by atoms with Gasteiger partial charge in [-0.3, -0.25) is 4.79 Å². The van der Waals surface area contributed by atoms with Crippen LogP contribution in [0, 0.1) is 0 Å². The highest BCUT2D eigenvalue weighted by Crippen LogP contribution is 2.52. The van der Waals surface area contributed by atoms with Crippen LogP contribution in [0.3, 0.4) is 0 Å². The van der Waals surface area contributed by atoms with Crippen molar-refractivity contribution in [2.75, 3.05) is 17.2 Å². The number of nitrogens with one attached hydrogen (secondary N) is 3. The Morgan fingerprint density at radius 2 is 2.00 bits per heavy atom. The summed E-state index contributed by atoms with van der Waals surface area (Å²) in [7, 11) is 0. The second kappa shape index (κ2) is 8.69. The van der Waals surface area contributed by atoms with Gasteiger partial charge in [-0.1, -0.05) is 0 Å². The molecule has 10 heteroatoms. The van der Waals surface area contributed by atoms with Crippen LogP contribution in [-0.4, -0.2) is 55.5 Å². The molecule has 2 heterocycles. The summed E-state index contributed by atoms with van der Waals surface area (Å²) in [5.41, 5.74) is 1.92. The molecule has 5 rings (SSSR count). The summed E-state index contributed by atoms with van der Waals surface area (Å²) in [5, 5.41) is 29.9. The average molecular weight is 500 g/mol. The van der Waals surface area contributed by atoms with Gasteiger partial charge in [0.25, 0.3) is 5.91 Å². The summed E-state index contributed by atoms with van der Waals surface area (Å²) in [6.45, 7) is 2.41. The fraction of sp³-hybridized carbons (Fsp3) is 0.480. The fourth-order valence-electron chi connectivity index (χ4n) is 5.05. The Morgan fingerprint density at radius 1 is 1.23 bits per heavy atom. The molecule has 2 saturated carbocycles. The summed E-state index contributed by atoms with van der Waals surface area (Å²) < 4.78 is 15.3. The van der Waals surface area contributed by atoms with Crippen LogP contribution in [0.1, 0.15) is 56.3 Å². The van der Waals surface area contributed by atoms with Gasteiger partial charge in [0.2, 0.25) is 0 Å². The minimum absolute atomic E-state index is 0.285. The van der Waals surface area contributed by atoms with Crippen LogP contribution in [0.5, 0.6) is 0 Å². The lowest BCUT2D eigenvalue weighted by molar-refractivity contribution is -0.00177. The molecule has 0 radical (unpaired) electrons. The second-order valence-corrected chi connectivity index (χ2v) is 11.3. The number of amides is 1. The molecule has 2 aromatic heterocycles. The molecule has 8 nitrogen and oxygen atoms in total. The normalized spacial score (nSPS) is 24.5. The first-order valence-corrected chi connectivity index (χ1v) is 12.7. The number of alkyl halides is 1. The van der Waals surface area contributed by atoms with Gasteiger partial charge >= 0.3 is 0 Å². The van der Waals surface area contributed by atoms with Crippen molar-refractivity contribution < 1.29 is 19.4 Å². The number of rotatable bonds is 8. The van der Waals surface area contributed by atoms with Crippen molar-refractivity contribution in [2.45, 2.75) is 68.9 Å². The number of halogens is 1. The molecular formula is C25H30FN5O3S. The SMILES string of the molecule is CC(C)(O)C(F)CNC(=O)c1cnc(Nc2ccc3ncsc3c2)cc1NC12CCC(O)(CC1)C2. The van der Waals surface area contributed by atoms with Crippen molar-refractivity contribution in [2.24, 2.45) is 0 Å². The maximum absolute atomic E-state index is 14.2. The van der Waals surface area contributed by atoms with E-state index in [1.54, 1.807) is 22.9 Å². The molecule has 2 bridgehead atoms. The van der Waals surface area contributed by atoms with Crippen LogP contribution in [0.4, 0.5) is 21.6 Å². The van der Waals surface area contributed by atoms with Crippen LogP contribution in [0.2, 0.25) is 0 Å². The van der Waals surface area contributed by atoms with E-state index in [0.29, 0.717) is 17.9 Å². The van der Waals surface area contributed by atoms with Crippen LogP contribution in [0.25, 0.3) is 10.2 Å². The van der Waals surface area contributed by atoms with Crippen LogP contribution in [-0.2, 0) is 0 Å². The minimum atomic E-state index is -1.61. The van der Waals surface area contributed by atoms with E-state index in [-0.39, 0.29) is 17.6 Å². The zero-order valence-electron chi connectivity index (χ0n) is 19.8. The summed E-state index contributed by atoms with van der Waals surface area (Å²) in [4.78, 5) is 21.7. The van der Waals surface area contributed by atoms with Gasteiger partial charge in [-0.2, -0.15) is 0 Å². The Labute approximate surface area is 207 Å². The maximum Gasteiger partial charge on any atom is 0.255 e. The molecule has 1 amide bonds. The summed E-state index contributed by atoms with van der Waals surface area (Å²) >= 11 is 1.55. The lowest BCUT2D eigenvalue weighted by Crippen LogP contribution is -2.42. The maximum atomic E-state index is 14.2. The Balaban J connectivity index is 1.41. The summed E-state index contributed by atoms with van der Waals surface area (Å²) in [6.07, 6.45) is 3.54. The van der Waals surface area contributed by atoms with Crippen molar-refractivity contribution in [3.8, 4) is 0 Å². The summed E-state index contributed by atoms with van der Waals surface area (Å²) in [6, 6.07) is 7.62. The third-order valence-corrected chi connectivity index (χ3v) is 7.96. The zero-order chi connectivity index (χ0) is 24.8. The molecule has 35 heavy (non-hydrogen) atoms. The number of aromatic nitrogens is 2. The number of hydrogen-bond donors (Lipinski definition) is 5. The van der Waals surface area contributed by atoms with Crippen molar-refractivity contribution in [1.82, 2.24) is 15.3 Å². The van der Waals surface area contributed by atoms with Crippen molar-refractivity contribution >= 4 is 44.7 Å². The van der Waals surface area contributed by atoms with Gasteiger partial charge in [0.1, 0.15) is 12.0 Å². The number of hydrogen-bond acceptors (Lipinski definition) is 8. The number of aliphatic hydroxyl groups is 2. The van der Waals surface area contributed by atoms with Gasteiger partial charge in [-0.15, -0.1) is 11.3 Å². The molecule has 2 aliphatic rings. The van der Waals surface area contributed by atoms with Gasteiger partial charge in [0, 0.05) is 23.5 Å². The lowest BCUT2D eigenvalue weighted by Gasteiger charge is -2.30. The quantitative estimate of drug-likeness (QED) is 0.316. The van der Waals surface area contributed by atoms with Crippen molar-refractivity contribution in [3.63, 3.8) is 0 Å². The number of thiazole rings is 1. The van der Waals surface area contributed by atoms with E-state index in [1.807, 2.05) is 18.2 Å². The first-order valence-electron chi connectivity index (χ1n) is 11.8. The number of nitrogens with zero attached hydrogens (tertiary/aromatic N) is 2. The van der Waals surface area contributed by atoms with Crippen LogP contribution in [0.15, 0.2) is 36.0 Å². The van der Waals surface area contributed by atoms with E-state index in [0.717, 1.165) is 41.6 Å². The third-order valence-electron chi connectivity index (χ3n) is 7.17. The smallest absolute Gasteiger partial charge is 0.255 e. The second-order valence-electron chi connectivity index (χ2n) is 10.4. The number of fused-ring (bicyclic) bond motifs is 3. The predicted octanol–water partition coefficient (Wildman–Crippen LogP) is 4.13. The molecule has 2 fully saturated rings. The standard InChI is InChI=1S/C25H30FN5O3S/c1-23(2,33)20(26)12-28-22(32)16-11-27-21(30-15-3-4-17-19(9-15)35-14-29-17)10-18(16)31-24-5-7-25(34,13-24)8-6-24/h3-4,9-11,14,20,33-34H,5-8,12-13H2,1-2H3,(H,28,32)(H2,27,30,31). The molecule has 5 N–H and O–H groups in total. The van der Waals surface area contributed by atoms with E-state index in [2.05, 4.69) is 25.9 Å². The van der Waals surface area contributed by atoms with E-state index in [9.17, 15) is 19.4 Å². The van der Waals surface area contributed by atoms with E-state index >= 15 is 0 Å². The Morgan fingerprint density at radius 3 is 2.69 bits per heavy atom. The number of pyridine rings is 1. The highest BCUT2D eigenvalue weighted by Gasteiger charge is 2.53. The number of benzene rings is 1. The fourth-order valence-corrected chi connectivity index (χ4v) is 5.76. The van der Waals surface area contributed by atoms with Gasteiger partial charge in [0.05, 0.1) is 44.7 Å². The highest BCUT2D eigenvalue weighted by molar-refractivity contribution is 7.16. The molecule has 1 aromatic carbocycles. The lowest BCUT2D eigenvalue weighted by atomic mass is 9.92. The van der Waals surface area contributed by atoms with E-state index < -0.39 is 23.3 Å². The Kier molecular flexibility index (Phi) is 5.93. The predicted molar refractivity (Wildman–Crippen MR) is 135 cm³/mol. The van der Waals surface area contributed by atoms with Gasteiger partial charge in [-0.25, -0.2) is 14.4 Å². The van der Waals surface area contributed by atoms with Gasteiger partial charge in [0.15, 0.2) is 0 Å². The van der Waals surface area contributed by atoms with Crippen LogP contribution < -0.4 is 16.0 Å². The number of carbonyl (C=O) groups excluding carboxylic acids is 1. The molecule has 186 valence electrons. The largest absolute Gasteiger partial charge is 0.390 e. The molecular weight excluding hydrogens is 469 g/mol. The van der Waals surface area contributed by atoms with E-state index in [4.69, 9.17) is 0 Å². The Bertz CT molecular complexity index is 1250. The number of carbonyl (C=O) groups is 1. The monoisotopic (exact) mass is 499 g/mol. The van der Waals surface area contributed by atoms with Crippen molar-refractivity contribution in [3.05, 3.63) is 41.5 Å². The molecule has 1 atom stereocenters. The topological polar surface area (TPSA) is 119 Å². The average Bonchev–Trinajstić information content (AvgIpc) is 3.49. The zero-order valence-corrected chi connectivity index (χ0v) is 20.6. The minimum Gasteiger partial charge on any atom is -0.390 e. The molecule has 0 spiro atoms.